The lowest BCUT2D eigenvalue weighted by molar-refractivity contribution is -0.118. The minimum Gasteiger partial charge on any atom is -0.312 e. The molecule has 0 aliphatic carbocycles. The molecule has 5 nitrogen and oxygen atoms in total. The van der Waals surface area contributed by atoms with Gasteiger partial charge in [0.1, 0.15) is 0 Å². The predicted octanol–water partition coefficient (Wildman–Crippen LogP) is 3.94. The molecule has 0 N–H and O–H groups in total. The summed E-state index contributed by atoms with van der Waals surface area (Å²) in [6.07, 6.45) is 4.08. The summed E-state index contributed by atoms with van der Waals surface area (Å²) in [6.45, 7) is 3.88. The lowest BCUT2D eigenvalue weighted by Crippen LogP contribution is -2.35. The smallest absolute Gasteiger partial charge is 0.243 e. The summed E-state index contributed by atoms with van der Waals surface area (Å²) >= 11 is 0. The normalized spacial score (nSPS) is 18.4. The highest BCUT2D eigenvalue weighted by Gasteiger charge is 2.30. The Kier molecular flexibility index (Phi) is 5.74. The zero-order valence-corrected chi connectivity index (χ0v) is 17.7. The first kappa shape index (κ1) is 20.1. The summed E-state index contributed by atoms with van der Waals surface area (Å²) in [5.41, 5.74) is 2.96. The van der Waals surface area contributed by atoms with Gasteiger partial charge in [-0.05, 0) is 54.5 Å². The third-order valence-corrected chi connectivity index (χ3v) is 7.94. The van der Waals surface area contributed by atoms with Crippen molar-refractivity contribution in [2.45, 2.75) is 49.8 Å². The van der Waals surface area contributed by atoms with Gasteiger partial charge < -0.3 is 4.90 Å². The molecule has 2 aromatic carbocycles. The number of nitrogens with zero attached hydrogens (tertiary/aromatic N) is 2. The number of fused-ring (bicyclic) bond motifs is 1. The molecular formula is C23H28N2O3S. The van der Waals surface area contributed by atoms with Crippen molar-refractivity contribution in [1.29, 1.82) is 0 Å². The number of anilines is 1. The molecule has 0 aromatic heterocycles. The van der Waals surface area contributed by atoms with Gasteiger partial charge in [-0.1, -0.05) is 43.7 Å². The van der Waals surface area contributed by atoms with Gasteiger partial charge in [-0.15, -0.1) is 0 Å². The maximum atomic E-state index is 13.0. The maximum Gasteiger partial charge on any atom is 0.243 e. The van der Waals surface area contributed by atoms with E-state index in [0.29, 0.717) is 37.4 Å². The molecule has 1 atom stereocenters. The third kappa shape index (κ3) is 4.09. The van der Waals surface area contributed by atoms with Gasteiger partial charge >= 0.3 is 0 Å². The molecule has 154 valence electrons. The van der Waals surface area contributed by atoms with Crippen LogP contribution in [0.2, 0.25) is 0 Å². The molecule has 1 unspecified atom stereocenters. The fourth-order valence-corrected chi connectivity index (χ4v) is 5.89. The molecular weight excluding hydrogens is 384 g/mol. The number of piperidine rings is 1. The van der Waals surface area contributed by atoms with Crippen molar-refractivity contribution < 1.29 is 13.2 Å². The Morgan fingerprint density at radius 3 is 2.45 bits per heavy atom. The van der Waals surface area contributed by atoms with Crippen LogP contribution in [0, 0.1) is 0 Å². The van der Waals surface area contributed by atoms with Crippen LogP contribution in [0.4, 0.5) is 5.69 Å². The Hall–Kier alpha value is -2.18. The molecule has 0 saturated carbocycles. The molecule has 1 saturated heterocycles. The van der Waals surface area contributed by atoms with Crippen LogP contribution in [0.5, 0.6) is 0 Å². The number of hydrogen-bond donors (Lipinski definition) is 0. The van der Waals surface area contributed by atoms with E-state index in [2.05, 4.69) is 6.92 Å². The minimum absolute atomic E-state index is 0.0896. The van der Waals surface area contributed by atoms with Crippen LogP contribution in [-0.4, -0.2) is 38.3 Å². The predicted molar refractivity (Wildman–Crippen MR) is 115 cm³/mol. The molecule has 29 heavy (non-hydrogen) atoms. The second-order valence-corrected chi connectivity index (χ2v) is 10.0. The highest BCUT2D eigenvalue weighted by Crippen LogP contribution is 2.33. The van der Waals surface area contributed by atoms with Crippen LogP contribution < -0.4 is 4.90 Å². The Labute approximate surface area is 173 Å². The molecule has 2 aromatic rings. The summed E-state index contributed by atoms with van der Waals surface area (Å²) in [6, 6.07) is 15.3. The fraction of sp³-hybridized carbons (Fsp3) is 0.435. The Balaban J connectivity index is 1.50. The highest BCUT2D eigenvalue weighted by atomic mass is 32.2. The summed E-state index contributed by atoms with van der Waals surface area (Å²) in [5.74, 6) is 0.234. The van der Waals surface area contributed by atoms with Crippen LogP contribution in [0.1, 0.15) is 49.7 Å². The second-order valence-electron chi connectivity index (χ2n) is 8.07. The molecule has 4 rings (SSSR count). The summed E-state index contributed by atoms with van der Waals surface area (Å²) in [4.78, 5) is 15.1. The van der Waals surface area contributed by atoms with E-state index in [1.165, 1.54) is 0 Å². The van der Waals surface area contributed by atoms with Crippen LogP contribution in [-0.2, 0) is 21.2 Å². The van der Waals surface area contributed by atoms with E-state index in [1.54, 1.807) is 16.4 Å². The summed E-state index contributed by atoms with van der Waals surface area (Å²) < 4.78 is 27.5. The largest absolute Gasteiger partial charge is 0.312 e. The molecule has 1 amide bonds. The van der Waals surface area contributed by atoms with E-state index in [0.717, 1.165) is 36.1 Å². The number of carbonyl (C=O) groups excluding carboxylic acids is 1. The number of rotatable bonds is 5. The van der Waals surface area contributed by atoms with Crippen molar-refractivity contribution in [2.75, 3.05) is 24.5 Å². The van der Waals surface area contributed by atoms with E-state index in [1.807, 2.05) is 41.3 Å². The zero-order chi connectivity index (χ0) is 20.4. The Morgan fingerprint density at radius 1 is 1.00 bits per heavy atom. The molecule has 6 heteroatoms. The molecule has 2 aliphatic rings. The lowest BCUT2D eigenvalue weighted by Gasteiger charge is -2.26. The number of hydrogen-bond acceptors (Lipinski definition) is 3. The Morgan fingerprint density at radius 2 is 1.72 bits per heavy atom. The molecule has 1 fully saturated rings. The first-order chi connectivity index (χ1) is 14.0. The van der Waals surface area contributed by atoms with Gasteiger partial charge in [0.05, 0.1) is 4.90 Å². The summed E-state index contributed by atoms with van der Waals surface area (Å²) in [5, 5.41) is 0. The van der Waals surface area contributed by atoms with Crippen molar-refractivity contribution in [2.24, 2.45) is 0 Å². The average Bonchev–Trinajstić information content (AvgIpc) is 3.18. The minimum atomic E-state index is -3.45. The third-order valence-electron chi connectivity index (χ3n) is 6.05. The monoisotopic (exact) mass is 412 g/mol. The highest BCUT2D eigenvalue weighted by molar-refractivity contribution is 7.89. The van der Waals surface area contributed by atoms with Gasteiger partial charge in [-0.2, -0.15) is 4.31 Å². The number of sulfonamides is 1. The standard InChI is InChI=1S/C23H28N2O3S/c1-18(19-8-4-2-5-9-19)16-23(26)25-15-12-20-17-21(10-11-22(20)25)29(27,28)24-13-6-3-7-14-24/h2,4-5,8-11,17-18H,3,6-7,12-16H2,1H3. The molecule has 2 heterocycles. The number of carbonyl (C=O) groups is 1. The van der Waals surface area contributed by atoms with Crippen LogP contribution in [0.15, 0.2) is 53.4 Å². The summed E-state index contributed by atoms with van der Waals surface area (Å²) in [7, 11) is -3.45. The fourth-order valence-electron chi connectivity index (χ4n) is 4.32. The van der Waals surface area contributed by atoms with Gasteiger partial charge in [0.25, 0.3) is 0 Å². The number of amides is 1. The van der Waals surface area contributed by atoms with Gasteiger partial charge in [0.2, 0.25) is 15.9 Å². The van der Waals surface area contributed by atoms with Crippen molar-refractivity contribution in [3.05, 3.63) is 59.7 Å². The SMILES string of the molecule is CC(CC(=O)N1CCc2cc(S(=O)(=O)N3CCCCC3)ccc21)c1ccccc1. The molecule has 0 bridgehead atoms. The van der Waals surface area contributed by atoms with Gasteiger partial charge in [-0.3, -0.25) is 4.79 Å². The van der Waals surface area contributed by atoms with Crippen molar-refractivity contribution in [3.8, 4) is 0 Å². The van der Waals surface area contributed by atoms with E-state index in [4.69, 9.17) is 0 Å². The molecule has 2 aliphatic heterocycles. The van der Waals surface area contributed by atoms with E-state index in [-0.39, 0.29) is 11.8 Å². The van der Waals surface area contributed by atoms with E-state index < -0.39 is 10.0 Å². The van der Waals surface area contributed by atoms with Gasteiger partial charge in [0.15, 0.2) is 0 Å². The van der Waals surface area contributed by atoms with Crippen LogP contribution >= 0.6 is 0 Å². The quantitative estimate of drug-likeness (QED) is 0.747. The van der Waals surface area contributed by atoms with E-state index >= 15 is 0 Å². The van der Waals surface area contributed by atoms with Crippen molar-refractivity contribution in [3.63, 3.8) is 0 Å². The van der Waals surface area contributed by atoms with Crippen molar-refractivity contribution in [1.82, 2.24) is 4.31 Å². The van der Waals surface area contributed by atoms with Gasteiger partial charge in [-0.25, -0.2) is 8.42 Å². The lowest BCUT2D eigenvalue weighted by atomic mass is 9.97. The first-order valence-electron chi connectivity index (χ1n) is 10.5. The first-order valence-corrected chi connectivity index (χ1v) is 11.9. The van der Waals surface area contributed by atoms with Crippen LogP contribution in [0.25, 0.3) is 0 Å². The molecule has 0 spiro atoms. The van der Waals surface area contributed by atoms with Crippen molar-refractivity contribution >= 4 is 21.6 Å². The zero-order valence-electron chi connectivity index (χ0n) is 16.9. The van der Waals surface area contributed by atoms with Crippen LogP contribution in [0.3, 0.4) is 0 Å². The average molecular weight is 413 g/mol. The Bertz CT molecular complexity index is 982. The number of benzene rings is 2. The molecule has 0 radical (unpaired) electrons. The van der Waals surface area contributed by atoms with Gasteiger partial charge in [0, 0.05) is 31.7 Å². The second kappa shape index (κ2) is 8.28. The topological polar surface area (TPSA) is 57.7 Å². The maximum absolute atomic E-state index is 13.0. The van der Waals surface area contributed by atoms with E-state index in [9.17, 15) is 13.2 Å².